The van der Waals surface area contributed by atoms with E-state index < -0.39 is 79.3 Å². The Balaban J connectivity index is 1.80. The van der Waals surface area contributed by atoms with E-state index in [9.17, 15) is 25.2 Å². The van der Waals surface area contributed by atoms with Crippen molar-refractivity contribution in [1.82, 2.24) is 5.32 Å². The SMILES string of the molecule is NCC[C@H](O)C(=O)N[C@@H]1C[C@H](N)[C@@H](O[C@H]2O[C@H](CN)CC[C@H]2N)[C@@H](O)[C@H]1O[C@H]1O[C@H](CO)C[C@H](N)[C@H]1O. The van der Waals surface area contributed by atoms with E-state index in [0.29, 0.717) is 12.8 Å². The number of aliphatic hydroxyl groups is 4. The van der Waals surface area contributed by atoms with Gasteiger partial charge in [-0.3, -0.25) is 4.79 Å². The molecular formula is C22H44N6O9. The van der Waals surface area contributed by atoms with Crippen LogP contribution in [0.5, 0.6) is 0 Å². The van der Waals surface area contributed by atoms with E-state index in [1.807, 2.05) is 0 Å². The van der Waals surface area contributed by atoms with Crippen molar-refractivity contribution < 1.29 is 44.2 Å². The molecule has 0 aromatic carbocycles. The minimum Gasteiger partial charge on any atom is -0.394 e. The summed E-state index contributed by atoms with van der Waals surface area (Å²) in [4.78, 5) is 12.6. The summed E-state index contributed by atoms with van der Waals surface area (Å²) in [7, 11) is 0. The smallest absolute Gasteiger partial charge is 0.249 e. The summed E-state index contributed by atoms with van der Waals surface area (Å²) in [5.41, 5.74) is 29.7. The van der Waals surface area contributed by atoms with Crippen LogP contribution >= 0.6 is 0 Å². The summed E-state index contributed by atoms with van der Waals surface area (Å²) in [6.45, 7) is 0.0139. The van der Waals surface area contributed by atoms with Crippen LogP contribution in [0.3, 0.4) is 0 Å². The third kappa shape index (κ3) is 7.54. The van der Waals surface area contributed by atoms with Gasteiger partial charge < -0.3 is 73.4 Å². The minimum atomic E-state index is -1.43. The Bertz CT molecular complexity index is 726. The molecule has 216 valence electrons. The van der Waals surface area contributed by atoms with Crippen LogP contribution in [-0.4, -0.2) is 126 Å². The third-order valence-corrected chi connectivity index (χ3v) is 7.21. The molecule has 1 amide bonds. The predicted molar refractivity (Wildman–Crippen MR) is 129 cm³/mol. The van der Waals surface area contributed by atoms with Crippen LogP contribution in [-0.2, 0) is 23.7 Å². The predicted octanol–water partition coefficient (Wildman–Crippen LogP) is -5.37. The zero-order valence-electron chi connectivity index (χ0n) is 20.9. The van der Waals surface area contributed by atoms with Gasteiger partial charge in [0.15, 0.2) is 12.6 Å². The molecule has 2 saturated heterocycles. The van der Waals surface area contributed by atoms with Gasteiger partial charge in [0.25, 0.3) is 0 Å². The molecule has 13 atom stereocenters. The summed E-state index contributed by atoms with van der Waals surface area (Å²) < 4.78 is 23.5. The van der Waals surface area contributed by atoms with Gasteiger partial charge in [-0.2, -0.15) is 0 Å². The fourth-order valence-electron chi connectivity index (χ4n) is 5.00. The number of aliphatic hydroxyl groups excluding tert-OH is 4. The summed E-state index contributed by atoms with van der Waals surface area (Å²) in [5, 5.41) is 44.2. The van der Waals surface area contributed by atoms with Crippen LogP contribution in [0.15, 0.2) is 0 Å². The van der Waals surface area contributed by atoms with Gasteiger partial charge in [-0.15, -0.1) is 0 Å². The van der Waals surface area contributed by atoms with Gasteiger partial charge in [-0.05, 0) is 38.6 Å². The second-order valence-electron chi connectivity index (χ2n) is 10.1. The average Bonchev–Trinajstić information content (AvgIpc) is 2.87. The van der Waals surface area contributed by atoms with Crippen molar-refractivity contribution >= 4 is 5.91 Å². The van der Waals surface area contributed by atoms with Crippen LogP contribution in [0.25, 0.3) is 0 Å². The maximum Gasteiger partial charge on any atom is 0.249 e. The van der Waals surface area contributed by atoms with Crippen molar-refractivity contribution in [2.75, 3.05) is 19.7 Å². The summed E-state index contributed by atoms with van der Waals surface area (Å²) >= 11 is 0. The van der Waals surface area contributed by atoms with Crippen LogP contribution < -0.4 is 34.0 Å². The molecule has 0 aromatic heterocycles. The van der Waals surface area contributed by atoms with Crippen molar-refractivity contribution in [3.8, 4) is 0 Å². The van der Waals surface area contributed by atoms with E-state index in [2.05, 4.69) is 5.32 Å². The highest BCUT2D eigenvalue weighted by molar-refractivity contribution is 5.80. The molecule has 1 aliphatic carbocycles. The largest absolute Gasteiger partial charge is 0.394 e. The second-order valence-corrected chi connectivity index (χ2v) is 10.1. The molecule has 3 fully saturated rings. The highest BCUT2D eigenvalue weighted by Crippen LogP contribution is 2.31. The normalized spacial score (nSPS) is 43.8. The maximum atomic E-state index is 12.6. The number of ether oxygens (including phenoxy) is 4. The lowest BCUT2D eigenvalue weighted by molar-refractivity contribution is -0.301. The quantitative estimate of drug-likeness (QED) is 0.125. The number of carbonyl (C=O) groups is 1. The minimum absolute atomic E-state index is 0.0289. The Hall–Kier alpha value is -1.05. The zero-order valence-corrected chi connectivity index (χ0v) is 20.9. The van der Waals surface area contributed by atoms with E-state index in [4.69, 9.17) is 47.6 Å². The van der Waals surface area contributed by atoms with Crippen LogP contribution in [0.2, 0.25) is 0 Å². The molecule has 0 radical (unpaired) electrons. The van der Waals surface area contributed by atoms with Crippen LogP contribution in [0, 0.1) is 0 Å². The lowest BCUT2D eigenvalue weighted by Crippen LogP contribution is -2.68. The van der Waals surface area contributed by atoms with E-state index in [1.165, 1.54) is 0 Å². The zero-order chi connectivity index (χ0) is 27.3. The molecule has 15 N–H and O–H groups in total. The van der Waals surface area contributed by atoms with E-state index in [0.717, 1.165) is 0 Å². The van der Waals surface area contributed by atoms with Crippen LogP contribution in [0.1, 0.15) is 32.1 Å². The van der Waals surface area contributed by atoms with Crippen molar-refractivity contribution in [1.29, 1.82) is 0 Å². The third-order valence-electron chi connectivity index (χ3n) is 7.21. The second kappa shape index (κ2) is 13.8. The molecule has 0 spiro atoms. The van der Waals surface area contributed by atoms with E-state index in [1.54, 1.807) is 0 Å². The van der Waals surface area contributed by atoms with Crippen LogP contribution in [0.4, 0.5) is 0 Å². The molecule has 1 saturated carbocycles. The molecule has 15 nitrogen and oxygen atoms in total. The molecule has 0 aromatic rings. The number of hydrogen-bond acceptors (Lipinski definition) is 14. The highest BCUT2D eigenvalue weighted by Gasteiger charge is 2.49. The Morgan fingerprint density at radius 2 is 1.59 bits per heavy atom. The average molecular weight is 537 g/mol. The van der Waals surface area contributed by atoms with Gasteiger partial charge in [0.2, 0.25) is 5.91 Å². The van der Waals surface area contributed by atoms with Crippen molar-refractivity contribution in [2.45, 2.75) is 112 Å². The number of nitrogens with two attached hydrogens (primary N) is 5. The fourth-order valence-corrected chi connectivity index (χ4v) is 5.00. The molecule has 2 aliphatic heterocycles. The summed E-state index contributed by atoms with van der Waals surface area (Å²) in [6.07, 6.45) is -7.88. The first kappa shape index (κ1) is 30.5. The van der Waals surface area contributed by atoms with Crippen molar-refractivity contribution in [2.24, 2.45) is 28.7 Å². The number of nitrogens with one attached hydrogen (secondary N) is 1. The number of rotatable bonds is 10. The lowest BCUT2D eigenvalue weighted by Gasteiger charge is -2.48. The number of carbonyl (C=O) groups excluding carboxylic acids is 1. The molecule has 15 heteroatoms. The Morgan fingerprint density at radius 3 is 2.24 bits per heavy atom. The monoisotopic (exact) mass is 536 g/mol. The van der Waals surface area contributed by atoms with Crippen molar-refractivity contribution in [3.05, 3.63) is 0 Å². The summed E-state index contributed by atoms with van der Waals surface area (Å²) in [6, 6.07) is -2.92. The lowest BCUT2D eigenvalue weighted by atomic mass is 9.83. The number of hydrogen-bond donors (Lipinski definition) is 10. The molecule has 0 unspecified atom stereocenters. The van der Waals surface area contributed by atoms with E-state index in [-0.39, 0.29) is 45.1 Å². The molecule has 2 heterocycles. The first-order valence-electron chi connectivity index (χ1n) is 12.8. The molecule has 3 rings (SSSR count). The maximum absolute atomic E-state index is 12.6. The van der Waals surface area contributed by atoms with Gasteiger partial charge in [0.05, 0.1) is 30.9 Å². The van der Waals surface area contributed by atoms with Gasteiger partial charge in [0, 0.05) is 18.6 Å². The fraction of sp³-hybridized carbons (Fsp3) is 0.955. The van der Waals surface area contributed by atoms with Gasteiger partial charge in [0.1, 0.15) is 30.5 Å². The van der Waals surface area contributed by atoms with Gasteiger partial charge >= 0.3 is 0 Å². The van der Waals surface area contributed by atoms with E-state index >= 15 is 0 Å². The highest BCUT2D eigenvalue weighted by atomic mass is 16.7. The molecule has 0 bridgehead atoms. The Kier molecular flexibility index (Phi) is 11.4. The molecule has 37 heavy (non-hydrogen) atoms. The van der Waals surface area contributed by atoms with Gasteiger partial charge in [-0.25, -0.2) is 0 Å². The molecule has 3 aliphatic rings. The standard InChI is InChI=1S/C22H44N6O9/c23-4-3-15(30)20(33)28-14-6-13(27)18(36-21-11(25)2-1-9(7-24)34-21)17(32)19(14)37-22-16(31)12(26)5-10(8-29)35-22/h9-19,21-22,29-32H,1-8,23-27H2,(H,28,33)/t9-,10-,11+,12-,13-,14+,15-,16+,17+,18+,19-,21+,22+/m0/s1. The Morgan fingerprint density at radius 1 is 0.919 bits per heavy atom. The van der Waals surface area contributed by atoms with Gasteiger partial charge in [-0.1, -0.05) is 0 Å². The first-order valence-corrected chi connectivity index (χ1v) is 12.8. The topological polar surface area (TPSA) is 277 Å². The summed E-state index contributed by atoms with van der Waals surface area (Å²) in [5.74, 6) is -0.721. The number of amides is 1. The Labute approximate surface area is 215 Å². The van der Waals surface area contributed by atoms with Crippen molar-refractivity contribution in [3.63, 3.8) is 0 Å². The first-order chi connectivity index (χ1) is 17.6. The molecular weight excluding hydrogens is 492 g/mol.